The van der Waals surface area contributed by atoms with Crippen LogP contribution in [-0.2, 0) is 9.59 Å². The van der Waals surface area contributed by atoms with Crippen molar-refractivity contribution in [1.82, 2.24) is 9.80 Å². The van der Waals surface area contributed by atoms with Crippen molar-refractivity contribution in [3.05, 3.63) is 72.3 Å². The lowest BCUT2D eigenvalue weighted by Crippen LogP contribution is -2.47. The van der Waals surface area contributed by atoms with Crippen LogP contribution in [0.5, 0.6) is 0 Å². The molecule has 2 fully saturated rings. The van der Waals surface area contributed by atoms with E-state index in [0.717, 1.165) is 18.7 Å². The number of carboxylic acids is 2. The molecule has 198 valence electrons. The maximum atomic E-state index is 12.7. The second-order valence-electron chi connectivity index (χ2n) is 9.42. The molecule has 2 aliphatic heterocycles. The highest BCUT2D eigenvalue weighted by Gasteiger charge is 2.40. The number of aliphatic carboxylic acids is 2. The van der Waals surface area contributed by atoms with Crippen LogP contribution in [0.4, 0.5) is 11.4 Å². The Bertz CT molecular complexity index is 1050. The van der Waals surface area contributed by atoms with Gasteiger partial charge < -0.3 is 24.9 Å². The Morgan fingerprint density at radius 3 is 1.78 bits per heavy atom. The number of amides is 1. The van der Waals surface area contributed by atoms with Crippen LogP contribution < -0.4 is 4.90 Å². The lowest BCUT2D eigenvalue weighted by atomic mass is 9.95. The van der Waals surface area contributed by atoms with Gasteiger partial charge in [0, 0.05) is 60.3 Å². The summed E-state index contributed by atoms with van der Waals surface area (Å²) < 4.78 is 0. The molecule has 0 aliphatic carbocycles. The summed E-state index contributed by atoms with van der Waals surface area (Å²) in [5.41, 5.74) is 3.19. The first-order chi connectivity index (χ1) is 17.7. The van der Waals surface area contributed by atoms with Crippen molar-refractivity contribution in [2.75, 3.05) is 25.0 Å². The number of carbonyl (C=O) groups excluding carboxylic acids is 1. The molecular formula is C29H37N3O5. The van der Waals surface area contributed by atoms with Gasteiger partial charge in [-0.2, -0.15) is 0 Å². The molecule has 0 unspecified atom stereocenters. The second kappa shape index (κ2) is 13.1. The van der Waals surface area contributed by atoms with Crippen molar-refractivity contribution in [3.8, 4) is 0 Å². The van der Waals surface area contributed by atoms with Crippen molar-refractivity contribution >= 4 is 29.2 Å². The van der Waals surface area contributed by atoms with E-state index in [-0.39, 0.29) is 5.91 Å². The maximum Gasteiger partial charge on any atom is 0.328 e. The van der Waals surface area contributed by atoms with E-state index in [1.807, 2.05) is 30.9 Å². The molecule has 0 spiro atoms. The minimum Gasteiger partial charge on any atom is -0.478 e. The molecule has 0 aromatic heterocycles. The van der Waals surface area contributed by atoms with E-state index in [0.29, 0.717) is 30.3 Å². The topological polar surface area (TPSA) is 101 Å². The molecule has 2 aliphatic rings. The number of rotatable bonds is 8. The molecule has 2 bridgehead atoms. The number of hydrogen-bond acceptors (Lipinski definition) is 5. The van der Waals surface area contributed by atoms with E-state index < -0.39 is 11.9 Å². The fourth-order valence-corrected chi connectivity index (χ4v) is 5.35. The smallest absolute Gasteiger partial charge is 0.328 e. The van der Waals surface area contributed by atoms with E-state index in [2.05, 4.69) is 59.3 Å². The van der Waals surface area contributed by atoms with Gasteiger partial charge in [-0.15, -0.1) is 0 Å². The molecule has 1 amide bonds. The second-order valence-corrected chi connectivity index (χ2v) is 9.42. The third kappa shape index (κ3) is 7.20. The molecule has 8 nitrogen and oxygen atoms in total. The number of carboxylic acid groups (broad SMARTS) is 2. The molecule has 8 heteroatoms. The molecule has 2 aromatic carbocycles. The zero-order valence-corrected chi connectivity index (χ0v) is 21.8. The third-order valence-corrected chi connectivity index (χ3v) is 7.28. The average Bonchev–Trinajstić information content (AvgIpc) is 3.09. The van der Waals surface area contributed by atoms with E-state index in [4.69, 9.17) is 10.2 Å². The van der Waals surface area contributed by atoms with Gasteiger partial charge in [-0.3, -0.25) is 4.79 Å². The number of piperidine rings is 1. The molecule has 2 heterocycles. The fraction of sp³-hybridized carbons (Fsp3) is 0.414. The Morgan fingerprint density at radius 2 is 1.32 bits per heavy atom. The largest absolute Gasteiger partial charge is 0.478 e. The van der Waals surface area contributed by atoms with Crippen LogP contribution in [0.3, 0.4) is 0 Å². The van der Waals surface area contributed by atoms with Crippen LogP contribution >= 0.6 is 0 Å². The van der Waals surface area contributed by atoms with E-state index in [1.165, 1.54) is 37.1 Å². The molecule has 3 atom stereocenters. The average molecular weight is 508 g/mol. The normalized spacial score (nSPS) is 20.7. The Balaban J connectivity index is 0.000000414. The van der Waals surface area contributed by atoms with Gasteiger partial charge >= 0.3 is 11.9 Å². The molecule has 2 aromatic rings. The fourth-order valence-electron chi connectivity index (χ4n) is 5.35. The summed E-state index contributed by atoms with van der Waals surface area (Å²) >= 11 is 0. The lowest BCUT2D eigenvalue weighted by Gasteiger charge is -2.43. The predicted octanol–water partition coefficient (Wildman–Crippen LogP) is 4.64. The number of fused-ring (bicyclic) bond motifs is 2. The number of anilines is 2. The molecular weight excluding hydrogens is 470 g/mol. The zero-order chi connectivity index (χ0) is 26.9. The first-order valence-electron chi connectivity index (χ1n) is 12.8. The van der Waals surface area contributed by atoms with Crippen molar-refractivity contribution in [2.45, 2.75) is 57.7 Å². The quantitative estimate of drug-likeness (QED) is 0.502. The van der Waals surface area contributed by atoms with Gasteiger partial charge in [-0.1, -0.05) is 18.2 Å². The summed E-state index contributed by atoms with van der Waals surface area (Å²) in [6, 6.07) is 20.8. The summed E-state index contributed by atoms with van der Waals surface area (Å²) in [6.07, 6.45) is 6.14. The van der Waals surface area contributed by atoms with Crippen LogP contribution in [0.1, 0.15) is 49.9 Å². The number of benzene rings is 2. The Morgan fingerprint density at radius 1 is 0.838 bits per heavy atom. The Labute approximate surface area is 218 Å². The molecule has 4 rings (SSSR count). The van der Waals surface area contributed by atoms with Crippen molar-refractivity contribution < 1.29 is 24.6 Å². The van der Waals surface area contributed by atoms with Gasteiger partial charge in [0.25, 0.3) is 5.91 Å². The highest BCUT2D eigenvalue weighted by Crippen LogP contribution is 2.40. The van der Waals surface area contributed by atoms with Crippen molar-refractivity contribution in [3.63, 3.8) is 0 Å². The van der Waals surface area contributed by atoms with E-state index >= 15 is 0 Å². The standard InChI is InChI=1S/C25H33N3O.C4H4O4/c1-4-27(5-2)25(29)19-11-13-21(14-12-19)28(20-9-7-6-8-10-20)24-17-22-15-16-23(18-24)26(22)3;5-3(6)1-2-4(7)8/h6-14,22-24H,4-5,15-18H2,1-3H3;1-2H,(H,5,6)(H,7,8)/b;2-1+/t22-,23+,24-;. The summed E-state index contributed by atoms with van der Waals surface area (Å²) in [4.78, 5) is 38.8. The van der Waals surface area contributed by atoms with Gasteiger partial charge in [0.15, 0.2) is 0 Å². The van der Waals surface area contributed by atoms with Gasteiger partial charge in [-0.25, -0.2) is 9.59 Å². The number of hydrogen-bond donors (Lipinski definition) is 2. The minimum atomic E-state index is -1.26. The maximum absolute atomic E-state index is 12.7. The van der Waals surface area contributed by atoms with Crippen LogP contribution in [0.25, 0.3) is 0 Å². The van der Waals surface area contributed by atoms with E-state index in [9.17, 15) is 14.4 Å². The molecule has 0 saturated carbocycles. The summed E-state index contributed by atoms with van der Waals surface area (Å²) in [5.74, 6) is -2.40. The van der Waals surface area contributed by atoms with Crippen LogP contribution in [0.2, 0.25) is 0 Å². The van der Waals surface area contributed by atoms with Crippen molar-refractivity contribution in [2.24, 2.45) is 0 Å². The summed E-state index contributed by atoms with van der Waals surface area (Å²) in [6.45, 7) is 5.54. The lowest BCUT2D eigenvalue weighted by molar-refractivity contribution is -0.134. The minimum absolute atomic E-state index is 0.116. The van der Waals surface area contributed by atoms with Gasteiger partial charge in [0.2, 0.25) is 0 Å². The predicted molar refractivity (Wildman–Crippen MR) is 144 cm³/mol. The zero-order valence-electron chi connectivity index (χ0n) is 21.8. The Hall–Kier alpha value is -3.65. The van der Waals surface area contributed by atoms with E-state index in [1.54, 1.807) is 0 Å². The first kappa shape index (κ1) is 27.9. The molecule has 2 N–H and O–H groups in total. The highest BCUT2D eigenvalue weighted by atomic mass is 16.4. The first-order valence-corrected chi connectivity index (χ1v) is 12.8. The summed E-state index contributed by atoms with van der Waals surface area (Å²) in [7, 11) is 2.29. The number of nitrogens with zero attached hydrogens (tertiary/aromatic N) is 3. The molecule has 0 radical (unpaired) electrons. The monoisotopic (exact) mass is 507 g/mol. The summed E-state index contributed by atoms with van der Waals surface area (Å²) in [5, 5.41) is 15.6. The van der Waals surface area contributed by atoms with Crippen LogP contribution in [0.15, 0.2) is 66.7 Å². The van der Waals surface area contributed by atoms with Crippen LogP contribution in [0, 0.1) is 0 Å². The molecule has 37 heavy (non-hydrogen) atoms. The number of carbonyl (C=O) groups is 3. The highest BCUT2D eigenvalue weighted by molar-refractivity contribution is 5.94. The van der Waals surface area contributed by atoms with Crippen molar-refractivity contribution in [1.29, 1.82) is 0 Å². The number of para-hydroxylation sites is 1. The molecule has 2 saturated heterocycles. The Kier molecular flexibility index (Phi) is 9.85. The van der Waals surface area contributed by atoms with Crippen LogP contribution in [-0.4, -0.2) is 76.1 Å². The van der Waals surface area contributed by atoms with Gasteiger partial charge in [0.1, 0.15) is 0 Å². The van der Waals surface area contributed by atoms with Gasteiger partial charge in [0.05, 0.1) is 0 Å². The van der Waals surface area contributed by atoms with Gasteiger partial charge in [-0.05, 0) is 83.0 Å². The third-order valence-electron chi connectivity index (χ3n) is 7.28. The SMILES string of the molecule is CCN(CC)C(=O)c1ccc(N(c2ccccc2)[C@@H]2C[C@H]3CC[C@@H](C2)N3C)cc1.O=C(O)/C=C/C(=O)O.